The first-order valence-electron chi connectivity index (χ1n) is 15.7. The maximum absolute atomic E-state index is 6.42. The highest BCUT2D eigenvalue weighted by atomic mass is 16.3. The van der Waals surface area contributed by atoms with Crippen LogP contribution in [0, 0.1) is 0 Å². The monoisotopic (exact) mass is 589 g/mol. The minimum absolute atomic E-state index is 0.751. The lowest BCUT2D eigenvalue weighted by Gasteiger charge is -2.10. The van der Waals surface area contributed by atoms with Crippen LogP contribution < -0.4 is 10.6 Å². The minimum Gasteiger partial charge on any atom is -0.456 e. The summed E-state index contributed by atoms with van der Waals surface area (Å²) in [5.74, 6) is 0.915. The number of nitrogens with zero attached hydrogens (tertiary/aromatic N) is 3. The zero-order valence-corrected chi connectivity index (χ0v) is 24.9. The molecule has 5 aromatic carbocycles. The van der Waals surface area contributed by atoms with Crippen LogP contribution in [-0.2, 0) is 0 Å². The molecule has 0 saturated heterocycles. The number of aromatic nitrogens is 3. The molecule has 46 heavy (non-hydrogen) atoms. The smallest absolute Gasteiger partial charge is 0.138 e. The molecule has 0 amide bonds. The molecule has 0 spiro atoms. The molecule has 0 bridgehead atoms. The third-order valence-corrected chi connectivity index (χ3v) is 9.41. The van der Waals surface area contributed by atoms with Gasteiger partial charge < -0.3 is 8.98 Å². The van der Waals surface area contributed by atoms with Crippen molar-refractivity contribution in [3.8, 4) is 11.5 Å². The standard InChI is InChI=1S/C42H27N3O/c1-5-15-36-29(10-1)30-11-2-6-16-37(30)44(36)28-22-25-41-34(26-28)33-23-20-27(21-24-40(33)46-41)35-14-9-19-42(43-35)45-38-17-7-3-12-31(38)32-13-4-8-18-39(32)45/h1-19,21-26H,20H2. The summed E-state index contributed by atoms with van der Waals surface area (Å²) >= 11 is 0. The predicted molar refractivity (Wildman–Crippen MR) is 190 cm³/mol. The van der Waals surface area contributed by atoms with Gasteiger partial charge in [-0.15, -0.1) is 0 Å². The molecule has 0 radical (unpaired) electrons. The van der Waals surface area contributed by atoms with E-state index in [0.29, 0.717) is 0 Å². The summed E-state index contributed by atoms with van der Waals surface area (Å²) < 4.78 is 11.0. The molecule has 4 heterocycles. The SMILES string of the molecule is C1=C(c2cccc(-n3c4ccccc4c4ccccc43)n2)CC=c2c(oc3ccc(-n4c5ccccc5c5ccccc54)cc23)=C1. The second-order valence-electron chi connectivity index (χ2n) is 11.9. The fourth-order valence-electron chi connectivity index (χ4n) is 7.34. The van der Waals surface area contributed by atoms with Crippen molar-refractivity contribution in [1.82, 2.24) is 14.1 Å². The quantitative estimate of drug-likeness (QED) is 0.206. The van der Waals surface area contributed by atoms with Crippen LogP contribution in [0.3, 0.4) is 0 Å². The van der Waals surface area contributed by atoms with Crippen molar-refractivity contribution < 1.29 is 4.42 Å². The number of para-hydroxylation sites is 4. The van der Waals surface area contributed by atoms with E-state index in [1.165, 1.54) is 32.6 Å². The Morgan fingerprint density at radius 3 is 1.74 bits per heavy atom. The molecule has 4 heteroatoms. The Kier molecular flexibility index (Phi) is 5.31. The molecule has 0 atom stereocenters. The Bertz CT molecular complexity index is 2740. The molecule has 4 nitrogen and oxygen atoms in total. The number of furan rings is 1. The summed E-state index contributed by atoms with van der Waals surface area (Å²) in [5.41, 5.74) is 9.73. The largest absolute Gasteiger partial charge is 0.456 e. The highest BCUT2D eigenvalue weighted by Gasteiger charge is 2.16. The van der Waals surface area contributed by atoms with Crippen LogP contribution in [0.25, 0.3) is 83.8 Å². The summed E-state index contributed by atoms with van der Waals surface area (Å²) in [6.07, 6.45) is 7.31. The van der Waals surface area contributed by atoms with Gasteiger partial charge in [0.2, 0.25) is 0 Å². The van der Waals surface area contributed by atoms with Gasteiger partial charge in [-0.2, -0.15) is 0 Å². The number of hydrogen-bond donors (Lipinski definition) is 0. The molecular formula is C42H27N3O. The lowest BCUT2D eigenvalue weighted by atomic mass is 10.1. The third-order valence-electron chi connectivity index (χ3n) is 9.41. The van der Waals surface area contributed by atoms with Crippen molar-refractivity contribution in [2.75, 3.05) is 0 Å². The van der Waals surface area contributed by atoms with Crippen LogP contribution in [0.5, 0.6) is 0 Å². The summed E-state index contributed by atoms with van der Waals surface area (Å²) in [4.78, 5) is 5.22. The highest BCUT2D eigenvalue weighted by molar-refractivity contribution is 6.10. The second-order valence-corrected chi connectivity index (χ2v) is 11.9. The zero-order chi connectivity index (χ0) is 30.2. The molecule has 0 saturated carbocycles. The van der Waals surface area contributed by atoms with Crippen molar-refractivity contribution in [1.29, 1.82) is 0 Å². The second kappa shape index (κ2) is 9.68. The first kappa shape index (κ1) is 25.2. The van der Waals surface area contributed by atoms with E-state index in [4.69, 9.17) is 9.40 Å². The van der Waals surface area contributed by atoms with E-state index in [1.54, 1.807) is 0 Å². The number of allylic oxidation sites excluding steroid dienone is 2. The van der Waals surface area contributed by atoms with Gasteiger partial charge in [0, 0.05) is 37.8 Å². The van der Waals surface area contributed by atoms with E-state index in [1.807, 2.05) is 0 Å². The number of benzene rings is 5. The Morgan fingerprint density at radius 2 is 1.11 bits per heavy atom. The maximum atomic E-state index is 6.42. The molecule has 0 aliphatic heterocycles. The van der Waals surface area contributed by atoms with E-state index in [0.717, 1.165) is 61.8 Å². The van der Waals surface area contributed by atoms with Crippen LogP contribution in [0.1, 0.15) is 12.1 Å². The van der Waals surface area contributed by atoms with E-state index in [9.17, 15) is 0 Å². The van der Waals surface area contributed by atoms with Gasteiger partial charge in [0.05, 0.1) is 27.8 Å². The molecule has 0 fully saturated rings. The van der Waals surface area contributed by atoms with E-state index in [-0.39, 0.29) is 0 Å². The fourth-order valence-corrected chi connectivity index (χ4v) is 7.34. The number of rotatable bonds is 3. The normalized spacial score (nSPS) is 13.2. The lowest BCUT2D eigenvalue weighted by molar-refractivity contribution is 0.576. The third kappa shape index (κ3) is 3.64. The van der Waals surface area contributed by atoms with Crippen molar-refractivity contribution in [3.05, 3.63) is 156 Å². The summed E-state index contributed by atoms with van der Waals surface area (Å²) in [7, 11) is 0. The average Bonchev–Trinajstić information content (AvgIpc) is 3.70. The van der Waals surface area contributed by atoms with Gasteiger partial charge in [0.15, 0.2) is 0 Å². The first-order valence-corrected chi connectivity index (χ1v) is 15.7. The summed E-state index contributed by atoms with van der Waals surface area (Å²) in [5, 5.41) is 7.23. The molecule has 10 rings (SSSR count). The van der Waals surface area contributed by atoms with Crippen LogP contribution >= 0.6 is 0 Å². The number of hydrogen-bond acceptors (Lipinski definition) is 2. The average molecular weight is 590 g/mol. The van der Waals surface area contributed by atoms with Crippen molar-refractivity contribution in [2.24, 2.45) is 0 Å². The lowest BCUT2D eigenvalue weighted by Crippen LogP contribution is -2.18. The van der Waals surface area contributed by atoms with Gasteiger partial charge in [-0.1, -0.05) is 91.0 Å². The zero-order valence-electron chi connectivity index (χ0n) is 24.9. The predicted octanol–water partition coefficient (Wildman–Crippen LogP) is 9.07. The molecular weight excluding hydrogens is 562 g/mol. The van der Waals surface area contributed by atoms with E-state index >= 15 is 0 Å². The van der Waals surface area contributed by atoms with Gasteiger partial charge in [-0.25, -0.2) is 4.98 Å². The topological polar surface area (TPSA) is 35.9 Å². The number of fused-ring (bicyclic) bond motifs is 9. The molecule has 0 N–H and O–H groups in total. The van der Waals surface area contributed by atoms with Crippen LogP contribution in [0.4, 0.5) is 0 Å². The molecule has 4 aromatic heterocycles. The van der Waals surface area contributed by atoms with Crippen LogP contribution in [0.15, 0.2) is 144 Å². The van der Waals surface area contributed by atoms with Gasteiger partial charge in [-0.3, -0.25) is 4.57 Å². The van der Waals surface area contributed by atoms with Gasteiger partial charge in [0.1, 0.15) is 16.8 Å². The highest BCUT2D eigenvalue weighted by Crippen LogP contribution is 2.34. The summed E-state index contributed by atoms with van der Waals surface area (Å²) in [6.45, 7) is 0. The molecule has 9 aromatic rings. The van der Waals surface area contributed by atoms with E-state index in [2.05, 4.69) is 161 Å². The van der Waals surface area contributed by atoms with Crippen molar-refractivity contribution in [3.63, 3.8) is 0 Å². The van der Waals surface area contributed by atoms with Gasteiger partial charge in [0.25, 0.3) is 0 Å². The fraction of sp³-hybridized carbons (Fsp3) is 0.0238. The maximum Gasteiger partial charge on any atom is 0.138 e. The van der Waals surface area contributed by atoms with E-state index < -0.39 is 0 Å². The Hall–Kier alpha value is -6.13. The molecule has 1 aliphatic rings. The first-order chi connectivity index (χ1) is 22.8. The molecule has 216 valence electrons. The summed E-state index contributed by atoms with van der Waals surface area (Å²) in [6, 6.07) is 47.2. The van der Waals surface area contributed by atoms with Gasteiger partial charge >= 0.3 is 0 Å². The van der Waals surface area contributed by atoms with Crippen LogP contribution in [0.2, 0.25) is 0 Å². The molecule has 0 unspecified atom stereocenters. The molecule has 1 aliphatic carbocycles. The van der Waals surface area contributed by atoms with Crippen molar-refractivity contribution >= 4 is 72.3 Å². The Morgan fingerprint density at radius 1 is 0.522 bits per heavy atom. The Labute approximate surface area is 264 Å². The van der Waals surface area contributed by atoms with Crippen molar-refractivity contribution in [2.45, 2.75) is 6.42 Å². The van der Waals surface area contributed by atoms with Crippen LogP contribution in [-0.4, -0.2) is 14.1 Å². The Balaban J connectivity index is 1.08. The van der Waals surface area contributed by atoms with Gasteiger partial charge in [-0.05, 0) is 72.7 Å². The minimum atomic E-state index is 0.751. The number of pyridine rings is 1.